The van der Waals surface area contributed by atoms with Crippen molar-refractivity contribution >= 4 is 21.6 Å². The van der Waals surface area contributed by atoms with Crippen molar-refractivity contribution in [2.45, 2.75) is 43.7 Å². The van der Waals surface area contributed by atoms with Gasteiger partial charge in [-0.15, -0.1) is 0 Å². The average molecular weight is 444 g/mol. The highest BCUT2D eigenvalue weighted by molar-refractivity contribution is 7.89. The van der Waals surface area contributed by atoms with Gasteiger partial charge in [-0.2, -0.15) is 4.31 Å². The lowest BCUT2D eigenvalue weighted by molar-refractivity contribution is -0.121. The molecule has 8 heteroatoms. The van der Waals surface area contributed by atoms with Crippen LogP contribution in [-0.2, 0) is 21.4 Å². The van der Waals surface area contributed by atoms with E-state index in [4.69, 9.17) is 4.74 Å². The number of carbonyl (C=O) groups excluding carboxylic acids is 1. The SMILES string of the molecule is CC(C(=O)Nc1ccc(S(=O)(=O)N2CCCCC2)cc1)N1CCOc2ccccc2C1. The van der Waals surface area contributed by atoms with Crippen LogP contribution in [0, 0.1) is 0 Å². The van der Waals surface area contributed by atoms with E-state index >= 15 is 0 Å². The molecule has 7 nitrogen and oxygen atoms in total. The van der Waals surface area contributed by atoms with Gasteiger partial charge in [-0.3, -0.25) is 9.69 Å². The minimum Gasteiger partial charge on any atom is -0.492 e. The predicted octanol–water partition coefficient (Wildman–Crippen LogP) is 3.08. The summed E-state index contributed by atoms with van der Waals surface area (Å²) in [5, 5.41) is 2.91. The molecule has 0 radical (unpaired) electrons. The molecule has 166 valence electrons. The summed E-state index contributed by atoms with van der Waals surface area (Å²) in [6.07, 6.45) is 2.87. The first kappa shape index (κ1) is 21.8. The Hall–Kier alpha value is -2.42. The summed E-state index contributed by atoms with van der Waals surface area (Å²) in [6.45, 7) is 4.83. The van der Waals surface area contributed by atoms with Crippen molar-refractivity contribution in [2.75, 3.05) is 31.6 Å². The minimum atomic E-state index is -3.47. The zero-order valence-corrected chi connectivity index (χ0v) is 18.6. The van der Waals surface area contributed by atoms with E-state index in [0.717, 1.165) is 30.6 Å². The summed E-state index contributed by atoms with van der Waals surface area (Å²) in [5.41, 5.74) is 1.65. The van der Waals surface area contributed by atoms with Crippen molar-refractivity contribution in [3.05, 3.63) is 54.1 Å². The van der Waals surface area contributed by atoms with Crippen LogP contribution in [0.15, 0.2) is 53.4 Å². The molecule has 0 saturated carbocycles. The molecule has 2 aliphatic rings. The van der Waals surface area contributed by atoms with Crippen molar-refractivity contribution < 1.29 is 17.9 Å². The molecule has 1 fully saturated rings. The molecule has 1 amide bonds. The molecule has 2 heterocycles. The number of nitrogens with one attached hydrogen (secondary N) is 1. The lowest BCUT2D eigenvalue weighted by Crippen LogP contribution is -2.42. The van der Waals surface area contributed by atoms with Gasteiger partial charge in [0.15, 0.2) is 0 Å². The number of amides is 1. The van der Waals surface area contributed by atoms with Gasteiger partial charge in [0.25, 0.3) is 0 Å². The standard InChI is InChI=1S/C23H29N3O4S/c1-18(25-15-16-30-22-8-4-3-7-19(22)17-25)23(27)24-20-9-11-21(12-10-20)31(28,29)26-13-5-2-6-14-26/h3-4,7-12,18H,2,5-6,13-17H2,1H3,(H,24,27). The van der Waals surface area contributed by atoms with Crippen LogP contribution < -0.4 is 10.1 Å². The van der Waals surface area contributed by atoms with E-state index in [1.165, 1.54) is 0 Å². The van der Waals surface area contributed by atoms with Crippen molar-refractivity contribution in [3.63, 3.8) is 0 Å². The molecule has 4 rings (SSSR count). The molecule has 0 aliphatic carbocycles. The van der Waals surface area contributed by atoms with Crippen LogP contribution in [0.3, 0.4) is 0 Å². The van der Waals surface area contributed by atoms with Gasteiger partial charge in [-0.1, -0.05) is 24.6 Å². The first-order chi connectivity index (χ1) is 14.9. The Kier molecular flexibility index (Phi) is 6.60. The van der Waals surface area contributed by atoms with Gasteiger partial charge in [0, 0.05) is 37.4 Å². The van der Waals surface area contributed by atoms with E-state index in [-0.39, 0.29) is 16.8 Å². The molecule has 0 spiro atoms. The number of fused-ring (bicyclic) bond motifs is 1. The van der Waals surface area contributed by atoms with Gasteiger partial charge in [-0.25, -0.2) is 8.42 Å². The van der Waals surface area contributed by atoms with Gasteiger partial charge >= 0.3 is 0 Å². The zero-order valence-electron chi connectivity index (χ0n) is 17.8. The van der Waals surface area contributed by atoms with Crippen LogP contribution in [0.25, 0.3) is 0 Å². The number of anilines is 1. The first-order valence-electron chi connectivity index (χ1n) is 10.8. The molecule has 1 N–H and O–H groups in total. The molecule has 1 atom stereocenters. The van der Waals surface area contributed by atoms with E-state index in [2.05, 4.69) is 10.2 Å². The van der Waals surface area contributed by atoms with Gasteiger partial charge in [0.1, 0.15) is 12.4 Å². The second kappa shape index (κ2) is 9.38. The van der Waals surface area contributed by atoms with E-state index in [0.29, 0.717) is 38.5 Å². The summed E-state index contributed by atoms with van der Waals surface area (Å²) in [4.78, 5) is 15.2. The molecule has 1 saturated heterocycles. The van der Waals surface area contributed by atoms with Crippen LogP contribution in [0.5, 0.6) is 5.75 Å². The number of carbonyl (C=O) groups is 1. The zero-order chi connectivity index (χ0) is 21.8. The van der Waals surface area contributed by atoms with Crippen LogP contribution in [0.2, 0.25) is 0 Å². The lowest BCUT2D eigenvalue weighted by atomic mass is 10.1. The monoisotopic (exact) mass is 443 g/mol. The summed E-state index contributed by atoms with van der Waals surface area (Å²) in [5.74, 6) is 0.731. The Morgan fingerprint density at radius 3 is 2.45 bits per heavy atom. The third kappa shape index (κ3) is 4.92. The number of sulfonamides is 1. The molecule has 0 bridgehead atoms. The highest BCUT2D eigenvalue weighted by Crippen LogP contribution is 2.25. The van der Waals surface area contributed by atoms with Gasteiger partial charge < -0.3 is 10.1 Å². The summed E-state index contributed by atoms with van der Waals surface area (Å²) in [6, 6.07) is 14.0. The van der Waals surface area contributed by atoms with Crippen molar-refractivity contribution in [1.82, 2.24) is 9.21 Å². The van der Waals surface area contributed by atoms with E-state index in [1.807, 2.05) is 31.2 Å². The average Bonchev–Trinajstić information content (AvgIpc) is 3.02. The molecule has 2 aliphatic heterocycles. The largest absolute Gasteiger partial charge is 0.492 e. The van der Waals surface area contributed by atoms with Crippen LogP contribution >= 0.6 is 0 Å². The highest BCUT2D eigenvalue weighted by Gasteiger charge is 2.27. The van der Waals surface area contributed by atoms with Gasteiger partial charge in [0.05, 0.1) is 10.9 Å². The van der Waals surface area contributed by atoms with Crippen LogP contribution in [-0.4, -0.2) is 55.8 Å². The second-order valence-electron chi connectivity index (χ2n) is 8.08. The Labute approximate surface area is 184 Å². The number of rotatable bonds is 5. The highest BCUT2D eigenvalue weighted by atomic mass is 32.2. The van der Waals surface area contributed by atoms with Crippen molar-refractivity contribution in [2.24, 2.45) is 0 Å². The Morgan fingerprint density at radius 2 is 1.71 bits per heavy atom. The first-order valence-corrected chi connectivity index (χ1v) is 12.2. The third-order valence-corrected chi connectivity index (χ3v) is 7.90. The molecule has 2 aromatic carbocycles. The van der Waals surface area contributed by atoms with Crippen LogP contribution in [0.1, 0.15) is 31.7 Å². The Balaban J connectivity index is 1.40. The van der Waals surface area contributed by atoms with E-state index < -0.39 is 10.0 Å². The van der Waals surface area contributed by atoms with E-state index in [9.17, 15) is 13.2 Å². The van der Waals surface area contributed by atoms with E-state index in [1.54, 1.807) is 28.6 Å². The molecular formula is C23H29N3O4S. The maximum absolute atomic E-state index is 12.8. The summed E-state index contributed by atoms with van der Waals surface area (Å²) < 4.78 is 32.9. The fourth-order valence-corrected chi connectivity index (χ4v) is 5.57. The Bertz CT molecular complexity index is 1020. The fraction of sp³-hybridized carbons (Fsp3) is 0.435. The lowest BCUT2D eigenvalue weighted by Gasteiger charge is -2.26. The maximum atomic E-state index is 12.8. The number of benzene rings is 2. The number of nitrogens with zero attached hydrogens (tertiary/aromatic N) is 2. The quantitative estimate of drug-likeness (QED) is 0.768. The maximum Gasteiger partial charge on any atom is 0.243 e. The minimum absolute atomic E-state index is 0.133. The van der Waals surface area contributed by atoms with Crippen molar-refractivity contribution in [1.29, 1.82) is 0 Å². The van der Waals surface area contributed by atoms with Crippen LogP contribution in [0.4, 0.5) is 5.69 Å². The third-order valence-electron chi connectivity index (χ3n) is 5.98. The summed E-state index contributed by atoms with van der Waals surface area (Å²) >= 11 is 0. The topological polar surface area (TPSA) is 79.0 Å². The number of hydrogen-bond acceptors (Lipinski definition) is 5. The number of hydrogen-bond donors (Lipinski definition) is 1. The Morgan fingerprint density at radius 1 is 1.00 bits per heavy atom. The number of piperidine rings is 1. The number of ether oxygens (including phenoxy) is 1. The second-order valence-corrected chi connectivity index (χ2v) is 10.0. The molecular weight excluding hydrogens is 414 g/mol. The normalized spacial score (nSPS) is 19.0. The molecule has 31 heavy (non-hydrogen) atoms. The van der Waals surface area contributed by atoms with Crippen molar-refractivity contribution in [3.8, 4) is 5.75 Å². The summed E-state index contributed by atoms with van der Waals surface area (Å²) in [7, 11) is -3.47. The fourth-order valence-electron chi connectivity index (χ4n) is 4.05. The molecule has 1 unspecified atom stereocenters. The van der Waals surface area contributed by atoms with Gasteiger partial charge in [-0.05, 0) is 50.1 Å². The molecule has 2 aromatic rings. The van der Waals surface area contributed by atoms with Gasteiger partial charge in [0.2, 0.25) is 15.9 Å². The number of para-hydroxylation sites is 1. The smallest absolute Gasteiger partial charge is 0.243 e. The molecule has 0 aromatic heterocycles. The predicted molar refractivity (Wildman–Crippen MR) is 119 cm³/mol.